The number of aromatic hydroxyl groups is 1. The van der Waals surface area contributed by atoms with Gasteiger partial charge < -0.3 is 10.2 Å². The van der Waals surface area contributed by atoms with Gasteiger partial charge >= 0.3 is 0 Å². The van der Waals surface area contributed by atoms with Crippen LogP contribution in [-0.4, -0.2) is 35.3 Å². The summed E-state index contributed by atoms with van der Waals surface area (Å²) in [4.78, 5) is 1.98. The molecule has 0 bridgehead atoms. The first-order valence-electron chi connectivity index (χ1n) is 5.13. The highest BCUT2D eigenvalue weighted by Gasteiger charge is 2.06. The van der Waals surface area contributed by atoms with Crippen molar-refractivity contribution in [2.75, 3.05) is 20.2 Å². The summed E-state index contributed by atoms with van der Waals surface area (Å²) in [7, 11) is 1.92. The van der Waals surface area contributed by atoms with Crippen molar-refractivity contribution in [3.05, 3.63) is 28.8 Å². The smallest absolute Gasteiger partial charge is 0.120 e. The lowest BCUT2D eigenvalue weighted by Gasteiger charge is -2.17. The minimum Gasteiger partial charge on any atom is -0.508 e. The predicted molar refractivity (Wildman–Crippen MR) is 61.0 cm³/mol. The first-order chi connectivity index (χ1) is 7.04. The van der Waals surface area contributed by atoms with Crippen LogP contribution in [0.4, 0.5) is 0 Å². The average Bonchev–Trinajstić information content (AvgIpc) is 2.14. The van der Waals surface area contributed by atoms with Crippen LogP contribution >= 0.6 is 0 Å². The standard InChI is InChI=1S/C12H19NO2/c1-9-6-11(8-13(3)4-5-14)12(15)7-10(9)2/h6-7,14-15H,4-5,8H2,1-3H3. The van der Waals surface area contributed by atoms with Crippen LogP contribution in [0.25, 0.3) is 0 Å². The van der Waals surface area contributed by atoms with E-state index in [-0.39, 0.29) is 6.61 Å². The summed E-state index contributed by atoms with van der Waals surface area (Å²) in [6.45, 7) is 5.43. The molecule has 3 nitrogen and oxygen atoms in total. The second-order valence-corrected chi connectivity index (χ2v) is 4.03. The maximum atomic E-state index is 9.74. The molecule has 0 aliphatic carbocycles. The van der Waals surface area contributed by atoms with Crippen molar-refractivity contribution >= 4 is 0 Å². The van der Waals surface area contributed by atoms with Gasteiger partial charge in [0.15, 0.2) is 0 Å². The highest BCUT2D eigenvalue weighted by atomic mass is 16.3. The molecular formula is C12H19NO2. The first-order valence-corrected chi connectivity index (χ1v) is 5.13. The van der Waals surface area contributed by atoms with Gasteiger partial charge in [0.05, 0.1) is 6.61 Å². The molecular weight excluding hydrogens is 190 g/mol. The third-order valence-corrected chi connectivity index (χ3v) is 2.62. The zero-order valence-corrected chi connectivity index (χ0v) is 9.62. The number of hydrogen-bond donors (Lipinski definition) is 2. The summed E-state index contributed by atoms with van der Waals surface area (Å²) in [5, 5.41) is 18.5. The molecule has 0 unspecified atom stereocenters. The lowest BCUT2D eigenvalue weighted by molar-refractivity contribution is 0.216. The fourth-order valence-electron chi connectivity index (χ4n) is 1.53. The minimum atomic E-state index is 0.141. The molecule has 0 radical (unpaired) electrons. The third kappa shape index (κ3) is 3.22. The molecule has 1 rings (SSSR count). The van der Waals surface area contributed by atoms with E-state index in [0.717, 1.165) is 11.1 Å². The van der Waals surface area contributed by atoms with Crippen molar-refractivity contribution < 1.29 is 10.2 Å². The molecule has 0 spiro atoms. The lowest BCUT2D eigenvalue weighted by Crippen LogP contribution is -2.21. The average molecular weight is 209 g/mol. The second-order valence-electron chi connectivity index (χ2n) is 4.03. The van der Waals surface area contributed by atoms with Crippen LogP contribution in [0.5, 0.6) is 5.75 Å². The summed E-state index contributed by atoms with van der Waals surface area (Å²) in [6.07, 6.45) is 0. The Morgan fingerprint density at radius 3 is 2.40 bits per heavy atom. The van der Waals surface area contributed by atoms with Crippen molar-refractivity contribution in [2.45, 2.75) is 20.4 Å². The van der Waals surface area contributed by atoms with Gasteiger partial charge in [0.25, 0.3) is 0 Å². The van der Waals surface area contributed by atoms with Gasteiger partial charge in [0, 0.05) is 18.7 Å². The monoisotopic (exact) mass is 209 g/mol. The van der Waals surface area contributed by atoms with E-state index in [0.29, 0.717) is 18.8 Å². The lowest BCUT2D eigenvalue weighted by atomic mass is 10.0. The van der Waals surface area contributed by atoms with E-state index in [2.05, 4.69) is 0 Å². The van der Waals surface area contributed by atoms with E-state index in [1.807, 2.05) is 31.9 Å². The van der Waals surface area contributed by atoms with Gasteiger partial charge in [0.2, 0.25) is 0 Å². The highest BCUT2D eigenvalue weighted by molar-refractivity contribution is 5.40. The quantitative estimate of drug-likeness (QED) is 0.788. The van der Waals surface area contributed by atoms with E-state index < -0.39 is 0 Å². The van der Waals surface area contributed by atoms with Crippen molar-refractivity contribution in [2.24, 2.45) is 0 Å². The van der Waals surface area contributed by atoms with Crippen LogP contribution in [0.3, 0.4) is 0 Å². The number of aryl methyl sites for hydroxylation is 2. The maximum absolute atomic E-state index is 9.74. The van der Waals surface area contributed by atoms with Crippen molar-refractivity contribution in [3.63, 3.8) is 0 Å². The zero-order valence-electron chi connectivity index (χ0n) is 9.62. The van der Waals surface area contributed by atoms with Gasteiger partial charge in [-0.15, -0.1) is 0 Å². The van der Waals surface area contributed by atoms with Crippen LogP contribution in [0.2, 0.25) is 0 Å². The molecule has 1 aromatic rings. The van der Waals surface area contributed by atoms with Crippen molar-refractivity contribution in [1.29, 1.82) is 0 Å². The fourth-order valence-corrected chi connectivity index (χ4v) is 1.53. The molecule has 0 aliphatic rings. The van der Waals surface area contributed by atoms with E-state index >= 15 is 0 Å². The first kappa shape index (κ1) is 12.0. The largest absolute Gasteiger partial charge is 0.508 e. The van der Waals surface area contributed by atoms with Gasteiger partial charge in [-0.25, -0.2) is 0 Å². The Labute approximate surface area is 91.0 Å². The summed E-state index contributed by atoms with van der Waals surface area (Å²) >= 11 is 0. The molecule has 2 N–H and O–H groups in total. The molecule has 0 heterocycles. The number of likely N-dealkylation sites (N-methyl/N-ethyl adjacent to an activating group) is 1. The Bertz CT molecular complexity index is 337. The number of benzene rings is 1. The normalized spacial score (nSPS) is 11.0. The number of phenolic OH excluding ortho intramolecular Hbond substituents is 1. The molecule has 0 saturated carbocycles. The van der Waals surface area contributed by atoms with E-state index in [4.69, 9.17) is 5.11 Å². The van der Waals surface area contributed by atoms with E-state index in [9.17, 15) is 5.11 Å². The molecule has 1 aromatic carbocycles. The summed E-state index contributed by atoms with van der Waals surface area (Å²) in [6, 6.07) is 3.79. The van der Waals surface area contributed by atoms with Gasteiger partial charge in [0.1, 0.15) is 5.75 Å². The van der Waals surface area contributed by atoms with Crippen LogP contribution in [0.1, 0.15) is 16.7 Å². The molecule has 15 heavy (non-hydrogen) atoms. The highest BCUT2D eigenvalue weighted by Crippen LogP contribution is 2.22. The number of nitrogens with zero attached hydrogens (tertiary/aromatic N) is 1. The molecule has 0 amide bonds. The SMILES string of the molecule is Cc1cc(O)c(CN(C)CCO)cc1C. The topological polar surface area (TPSA) is 43.7 Å². The van der Waals surface area contributed by atoms with E-state index in [1.165, 1.54) is 5.56 Å². The Balaban J connectivity index is 2.81. The van der Waals surface area contributed by atoms with E-state index in [1.54, 1.807) is 6.07 Å². The van der Waals surface area contributed by atoms with Gasteiger partial charge in [-0.3, -0.25) is 4.90 Å². The summed E-state index contributed by atoms with van der Waals surface area (Å²) in [5.41, 5.74) is 3.19. The molecule has 3 heteroatoms. The number of phenols is 1. The van der Waals surface area contributed by atoms with Gasteiger partial charge in [-0.2, -0.15) is 0 Å². The van der Waals surface area contributed by atoms with Gasteiger partial charge in [-0.1, -0.05) is 6.07 Å². The third-order valence-electron chi connectivity index (χ3n) is 2.62. The minimum absolute atomic E-state index is 0.141. The van der Waals surface area contributed by atoms with Crippen LogP contribution in [-0.2, 0) is 6.54 Å². The number of hydrogen-bond acceptors (Lipinski definition) is 3. The molecule has 0 atom stereocenters. The fraction of sp³-hybridized carbons (Fsp3) is 0.500. The Hall–Kier alpha value is -1.06. The Kier molecular flexibility index (Phi) is 4.12. The Morgan fingerprint density at radius 2 is 1.80 bits per heavy atom. The number of aliphatic hydroxyl groups excluding tert-OH is 1. The Morgan fingerprint density at radius 1 is 1.20 bits per heavy atom. The maximum Gasteiger partial charge on any atom is 0.120 e. The van der Waals surface area contributed by atoms with Crippen LogP contribution in [0.15, 0.2) is 12.1 Å². The van der Waals surface area contributed by atoms with Crippen molar-refractivity contribution in [1.82, 2.24) is 4.90 Å². The number of aliphatic hydroxyl groups is 1. The van der Waals surface area contributed by atoms with Gasteiger partial charge in [-0.05, 0) is 38.1 Å². The van der Waals surface area contributed by atoms with Crippen LogP contribution < -0.4 is 0 Å². The summed E-state index contributed by atoms with van der Waals surface area (Å²) in [5.74, 6) is 0.336. The molecule has 0 saturated heterocycles. The van der Waals surface area contributed by atoms with Crippen LogP contribution in [0, 0.1) is 13.8 Å². The molecule has 0 fully saturated rings. The number of rotatable bonds is 4. The zero-order chi connectivity index (χ0) is 11.4. The molecule has 84 valence electrons. The second kappa shape index (κ2) is 5.14. The van der Waals surface area contributed by atoms with Crippen molar-refractivity contribution in [3.8, 4) is 5.75 Å². The molecule has 0 aromatic heterocycles. The summed E-state index contributed by atoms with van der Waals surface area (Å²) < 4.78 is 0. The predicted octanol–water partition coefficient (Wildman–Crippen LogP) is 1.43. The molecule has 0 aliphatic heterocycles.